The fourth-order valence-corrected chi connectivity index (χ4v) is 10.2. The average molecular weight is 1200 g/mol. The van der Waals surface area contributed by atoms with Crippen LogP contribution in [0.4, 0.5) is 11.9 Å². The standard InChI is InChI=1S/C26H26N10O5S.C13H11N5O4.C13H17N5O2S/c1-16-29-15-35(31-16)23-21-20(19(41-2)14-28-23)18(13-27-21)22(37)24(38)33-9-11-34(12-10-33)26-30-25(42(3,39)40)32-36(26)17-7-5-4-6-8-17;1-6-16-5-18(17-6)12-10-9(8(22-2)4-15-12)7(3-14-10)11(19)13(20)21;1-21(19,20)12-15-13(17-9-7-14-8-10-17)18(16-12)11-5-3-2-4-6-11/h4-8,13-15,27H,9-12H2,1-3H3;3-5,14H,1-2H3,(H,20,21);2-6,14H,7-10H2,1H3. The Labute approximate surface area is 483 Å². The number of fused-ring (bicyclic) bond motifs is 2. The lowest BCUT2D eigenvalue weighted by atomic mass is 10.1. The molecule has 1 amide bonds. The van der Waals surface area contributed by atoms with Crippen molar-refractivity contribution in [1.29, 1.82) is 0 Å². The molecular weight excluding hydrogens is 1140 g/mol. The Morgan fingerprint density at radius 2 is 0.988 bits per heavy atom. The number of anilines is 2. The summed E-state index contributed by atoms with van der Waals surface area (Å²) in [6.45, 7) is 7.75. The van der Waals surface area contributed by atoms with Crippen molar-refractivity contribution in [1.82, 2.24) is 89.2 Å². The lowest BCUT2D eigenvalue weighted by Crippen LogP contribution is -2.51. The minimum atomic E-state index is -3.66. The number of aliphatic carboxylic acids is 1. The number of carbonyl (C=O) groups excluding carboxylic acids is 3. The minimum absolute atomic E-state index is 0.000151. The number of rotatable bonds is 14. The zero-order valence-corrected chi connectivity index (χ0v) is 48.0. The summed E-state index contributed by atoms with van der Waals surface area (Å²) in [4.78, 5) is 86.3. The van der Waals surface area contributed by atoms with E-state index in [0.717, 1.165) is 44.4 Å². The summed E-state index contributed by atoms with van der Waals surface area (Å²) in [5.74, 6) is -0.519. The minimum Gasteiger partial charge on any atom is -0.494 e. The van der Waals surface area contributed by atoms with Crippen LogP contribution in [-0.4, -0.2) is 208 Å². The van der Waals surface area contributed by atoms with E-state index in [1.807, 2.05) is 58.3 Å². The SMILES string of the molecule is COc1cnc(-n2cnc(C)n2)c2[nH]cc(C(=O)C(=O)N3CCN(c4nc(S(C)(=O)=O)nn4-c4ccccc4)CC3)c12.COc1cnc(-n2cnc(C)n2)c2[nH]cc(C(=O)C(=O)O)c12.CS(=O)(=O)c1nc(N2CCNCC2)n(-c2ccccc2)n1. The number of hydrogen-bond acceptors (Lipinski definition) is 23. The molecule has 85 heavy (non-hydrogen) atoms. The Balaban J connectivity index is 0.000000157. The van der Waals surface area contributed by atoms with Gasteiger partial charge in [-0.2, -0.15) is 29.5 Å². The largest absolute Gasteiger partial charge is 0.494 e. The second-order valence-corrected chi connectivity index (χ2v) is 22.9. The molecule has 0 unspecified atom stereocenters. The van der Waals surface area contributed by atoms with Gasteiger partial charge in [0.1, 0.15) is 35.8 Å². The number of nitrogens with one attached hydrogen (secondary N) is 3. The molecular formula is C52H54N20O11S2. The number of hydrogen-bond donors (Lipinski definition) is 4. The van der Waals surface area contributed by atoms with Gasteiger partial charge in [0, 0.05) is 77.3 Å². The third kappa shape index (κ3) is 12.0. The van der Waals surface area contributed by atoms with E-state index in [-0.39, 0.29) is 34.5 Å². The summed E-state index contributed by atoms with van der Waals surface area (Å²) < 4.78 is 64.5. The Bertz CT molecular complexity index is 4370. The van der Waals surface area contributed by atoms with Crippen LogP contribution in [0.3, 0.4) is 0 Å². The number of carbonyl (C=O) groups is 4. The van der Waals surface area contributed by atoms with Crippen LogP contribution in [0.2, 0.25) is 0 Å². The van der Waals surface area contributed by atoms with Gasteiger partial charge in [-0.15, -0.1) is 10.2 Å². The number of amides is 1. The molecule has 2 saturated heterocycles. The first-order valence-corrected chi connectivity index (χ1v) is 29.6. The first kappa shape index (κ1) is 57.9. The maximum absolute atomic E-state index is 13.5. The Hall–Kier alpha value is -10.3. The number of nitrogens with zero attached hydrogens (tertiary/aromatic N) is 17. The van der Waals surface area contributed by atoms with Gasteiger partial charge < -0.3 is 44.6 Å². The van der Waals surface area contributed by atoms with Crippen molar-refractivity contribution in [3.63, 3.8) is 0 Å². The number of carboxylic acids is 1. The number of sulfone groups is 2. The van der Waals surface area contributed by atoms with Gasteiger partial charge in [-0.05, 0) is 38.1 Å². The van der Waals surface area contributed by atoms with Crippen LogP contribution >= 0.6 is 0 Å². The molecule has 0 atom stereocenters. The van der Waals surface area contributed by atoms with E-state index in [1.54, 1.807) is 30.7 Å². The van der Waals surface area contributed by atoms with E-state index in [9.17, 15) is 36.0 Å². The third-order valence-electron chi connectivity index (χ3n) is 13.3. The van der Waals surface area contributed by atoms with Crippen molar-refractivity contribution < 1.29 is 50.6 Å². The van der Waals surface area contributed by atoms with E-state index in [2.05, 4.69) is 65.6 Å². The topological polar surface area (TPSA) is 377 Å². The van der Waals surface area contributed by atoms with Gasteiger partial charge in [-0.3, -0.25) is 14.4 Å². The molecule has 0 bridgehead atoms. The Morgan fingerprint density at radius 1 is 0.565 bits per heavy atom. The first-order chi connectivity index (χ1) is 40.7. The number of Topliss-reactive ketones (excluding diaryl/α,β-unsaturated/α-hetero) is 2. The van der Waals surface area contributed by atoms with Crippen molar-refractivity contribution in [2.45, 2.75) is 24.2 Å². The van der Waals surface area contributed by atoms with Crippen LogP contribution in [0.5, 0.6) is 11.5 Å². The smallest absolute Gasteiger partial charge is 0.377 e. The van der Waals surface area contributed by atoms with Gasteiger partial charge in [0.25, 0.3) is 27.8 Å². The molecule has 2 aliphatic rings. The molecule has 0 radical (unpaired) electrons. The van der Waals surface area contributed by atoms with Crippen LogP contribution in [0.1, 0.15) is 32.4 Å². The van der Waals surface area contributed by atoms with Crippen molar-refractivity contribution in [2.75, 3.05) is 88.9 Å². The van der Waals surface area contributed by atoms with Gasteiger partial charge in [-0.25, -0.2) is 50.9 Å². The van der Waals surface area contributed by atoms with Crippen molar-refractivity contribution in [3.05, 3.63) is 121 Å². The number of para-hydroxylation sites is 2. The first-order valence-electron chi connectivity index (χ1n) is 25.9. The molecule has 10 heterocycles. The molecule has 2 aliphatic heterocycles. The molecule has 0 aliphatic carbocycles. The number of aromatic amines is 2. The number of ether oxygens (including phenoxy) is 2. The number of aromatic nitrogens is 16. The van der Waals surface area contributed by atoms with Crippen LogP contribution in [0.15, 0.2) is 108 Å². The number of benzene rings is 2. The van der Waals surface area contributed by atoms with Gasteiger partial charge in [0.15, 0.2) is 11.6 Å². The highest BCUT2D eigenvalue weighted by molar-refractivity contribution is 7.90. The number of carboxylic acid groups (broad SMARTS) is 1. The maximum Gasteiger partial charge on any atom is 0.377 e. The summed E-state index contributed by atoms with van der Waals surface area (Å²) >= 11 is 0. The molecule has 0 spiro atoms. The fraction of sp³-hybridized carbons (Fsp3) is 0.269. The van der Waals surface area contributed by atoms with Crippen molar-refractivity contribution in [3.8, 4) is 34.5 Å². The average Bonchev–Trinajstić information content (AvgIpc) is 2.76. The highest BCUT2D eigenvalue weighted by Gasteiger charge is 2.33. The molecule has 10 aromatic rings. The molecule has 440 valence electrons. The lowest BCUT2D eigenvalue weighted by molar-refractivity contribution is -0.131. The summed E-state index contributed by atoms with van der Waals surface area (Å²) in [5.41, 5.74) is 2.51. The van der Waals surface area contributed by atoms with Gasteiger partial charge >= 0.3 is 5.97 Å². The normalized spacial score (nSPS) is 13.7. The number of ketones is 2. The summed E-state index contributed by atoms with van der Waals surface area (Å²) in [6, 6.07) is 18.5. The van der Waals surface area contributed by atoms with Crippen molar-refractivity contribution >= 4 is 76.8 Å². The Kier molecular flexibility index (Phi) is 16.3. The number of aryl methyl sites for hydroxylation is 2. The number of methoxy groups -OCH3 is 2. The zero-order valence-electron chi connectivity index (χ0n) is 46.3. The summed E-state index contributed by atoms with van der Waals surface area (Å²) in [5, 5.41) is 29.4. The predicted molar refractivity (Wildman–Crippen MR) is 304 cm³/mol. The van der Waals surface area contributed by atoms with E-state index in [4.69, 9.17) is 14.6 Å². The highest BCUT2D eigenvalue weighted by atomic mass is 32.2. The van der Waals surface area contributed by atoms with Crippen molar-refractivity contribution in [2.24, 2.45) is 0 Å². The third-order valence-corrected chi connectivity index (χ3v) is 15.0. The van der Waals surface area contributed by atoms with Crippen LogP contribution in [0.25, 0.3) is 44.8 Å². The zero-order chi connectivity index (χ0) is 60.3. The number of H-pyrrole nitrogens is 2. The fourth-order valence-electron chi connectivity index (χ4n) is 9.25. The second kappa shape index (κ2) is 23.9. The summed E-state index contributed by atoms with van der Waals surface area (Å²) in [6.07, 6.45) is 10.8. The van der Waals surface area contributed by atoms with E-state index in [0.29, 0.717) is 87.3 Å². The molecule has 33 heteroatoms. The lowest BCUT2D eigenvalue weighted by Gasteiger charge is -2.34. The van der Waals surface area contributed by atoms with Gasteiger partial charge in [0.05, 0.1) is 70.9 Å². The molecule has 31 nitrogen and oxygen atoms in total. The van der Waals surface area contributed by atoms with Gasteiger partial charge in [-0.1, -0.05) is 36.4 Å². The maximum atomic E-state index is 13.5. The molecule has 2 aromatic carbocycles. The summed E-state index contributed by atoms with van der Waals surface area (Å²) in [7, 11) is -4.22. The molecule has 0 saturated carbocycles. The number of pyridine rings is 2. The molecule has 4 N–H and O–H groups in total. The molecule has 12 rings (SSSR count). The monoisotopic (exact) mass is 1200 g/mol. The van der Waals surface area contributed by atoms with E-state index < -0.39 is 43.1 Å². The molecule has 8 aromatic heterocycles. The van der Waals surface area contributed by atoms with Crippen LogP contribution in [-0.2, 0) is 29.3 Å². The van der Waals surface area contributed by atoms with Crippen LogP contribution < -0.4 is 24.6 Å². The van der Waals surface area contributed by atoms with Crippen LogP contribution in [0, 0.1) is 13.8 Å². The van der Waals surface area contributed by atoms with E-state index >= 15 is 0 Å². The Morgan fingerprint density at radius 3 is 1.38 bits per heavy atom. The van der Waals surface area contributed by atoms with E-state index in [1.165, 1.54) is 70.6 Å². The highest BCUT2D eigenvalue weighted by Crippen LogP contribution is 2.34. The predicted octanol–water partition coefficient (Wildman–Crippen LogP) is 1.78. The molecule has 2 fully saturated rings. The number of piperazine rings is 2. The van der Waals surface area contributed by atoms with Gasteiger partial charge in [0.2, 0.25) is 31.6 Å². The quantitative estimate of drug-likeness (QED) is 0.0890. The second-order valence-electron chi connectivity index (χ2n) is 19.1.